The molecule has 0 atom stereocenters. The maximum atomic E-state index is 11.8. The number of benzene rings is 1. The van der Waals surface area contributed by atoms with E-state index in [1.165, 1.54) is 12.0 Å². The third-order valence-electron chi connectivity index (χ3n) is 3.91. The Morgan fingerprint density at radius 1 is 1.31 bits per heavy atom. The third-order valence-corrected chi connectivity index (χ3v) is 4.69. The van der Waals surface area contributed by atoms with Gasteiger partial charge in [0.1, 0.15) is 6.61 Å². The predicted molar refractivity (Wildman–Crippen MR) is 102 cm³/mol. The number of carbonyl (C=O) groups is 1. The van der Waals surface area contributed by atoms with E-state index in [0.717, 1.165) is 5.69 Å². The van der Waals surface area contributed by atoms with Crippen molar-refractivity contribution in [1.29, 1.82) is 0 Å². The van der Waals surface area contributed by atoms with E-state index in [4.69, 9.17) is 32.7 Å². The minimum atomic E-state index is -0.529. The van der Waals surface area contributed by atoms with Crippen LogP contribution in [0.3, 0.4) is 0 Å². The molecule has 0 radical (unpaired) electrons. The van der Waals surface area contributed by atoms with E-state index in [9.17, 15) is 4.79 Å². The third kappa shape index (κ3) is 3.43. The minimum absolute atomic E-state index is 0.131. The second-order valence-corrected chi connectivity index (χ2v) is 6.45. The SMILES string of the molecule is COC(=O)N(C)c1ccc(Cl)c(COc2cccn3cc(C)nc23)c1Cl. The molecule has 0 aliphatic rings. The maximum Gasteiger partial charge on any atom is 0.413 e. The molecule has 8 heteroatoms. The number of rotatable bonds is 4. The van der Waals surface area contributed by atoms with Crippen molar-refractivity contribution in [3.05, 3.63) is 58.0 Å². The van der Waals surface area contributed by atoms with Gasteiger partial charge in [-0.3, -0.25) is 4.90 Å². The van der Waals surface area contributed by atoms with E-state index in [-0.39, 0.29) is 6.61 Å². The van der Waals surface area contributed by atoms with E-state index >= 15 is 0 Å². The molecule has 3 rings (SSSR count). The molecule has 3 aromatic rings. The Hall–Kier alpha value is -2.44. The number of aromatic nitrogens is 2. The summed E-state index contributed by atoms with van der Waals surface area (Å²) < 4.78 is 12.5. The van der Waals surface area contributed by atoms with Crippen molar-refractivity contribution in [3.63, 3.8) is 0 Å². The van der Waals surface area contributed by atoms with Crippen molar-refractivity contribution in [2.45, 2.75) is 13.5 Å². The van der Waals surface area contributed by atoms with Crippen LogP contribution in [0.2, 0.25) is 10.0 Å². The molecule has 0 saturated carbocycles. The van der Waals surface area contributed by atoms with Gasteiger partial charge < -0.3 is 13.9 Å². The predicted octanol–water partition coefficient (Wildman–Crippen LogP) is 4.73. The number of hydrogen-bond donors (Lipinski definition) is 0. The molecular formula is C18H17Cl2N3O3. The first-order valence-corrected chi connectivity index (χ1v) is 8.53. The quantitative estimate of drug-likeness (QED) is 0.642. The van der Waals surface area contributed by atoms with Crippen LogP contribution in [0.1, 0.15) is 11.3 Å². The van der Waals surface area contributed by atoms with Gasteiger partial charge in [0, 0.05) is 30.0 Å². The molecule has 1 aromatic carbocycles. The molecule has 0 spiro atoms. The number of anilines is 1. The van der Waals surface area contributed by atoms with Crippen molar-refractivity contribution < 1.29 is 14.3 Å². The van der Waals surface area contributed by atoms with E-state index in [1.807, 2.05) is 35.9 Å². The summed E-state index contributed by atoms with van der Waals surface area (Å²) >= 11 is 12.8. The first-order valence-electron chi connectivity index (χ1n) is 7.78. The van der Waals surface area contributed by atoms with Gasteiger partial charge in [-0.1, -0.05) is 23.2 Å². The first kappa shape index (κ1) is 18.4. The Balaban J connectivity index is 1.91. The van der Waals surface area contributed by atoms with Gasteiger partial charge in [-0.2, -0.15) is 0 Å². The van der Waals surface area contributed by atoms with E-state index in [2.05, 4.69) is 4.98 Å². The number of ether oxygens (including phenoxy) is 2. The van der Waals surface area contributed by atoms with Crippen molar-refractivity contribution >= 4 is 40.6 Å². The number of halogens is 2. The molecule has 26 heavy (non-hydrogen) atoms. The molecule has 1 amide bonds. The van der Waals surface area contributed by atoms with Crippen LogP contribution in [0.15, 0.2) is 36.7 Å². The van der Waals surface area contributed by atoms with Crippen LogP contribution < -0.4 is 9.64 Å². The Bertz CT molecular complexity index is 972. The largest absolute Gasteiger partial charge is 0.485 e. The van der Waals surface area contributed by atoms with Gasteiger partial charge in [0.05, 0.1) is 23.5 Å². The first-order chi connectivity index (χ1) is 12.4. The molecule has 6 nitrogen and oxygen atoms in total. The molecule has 2 heterocycles. The highest BCUT2D eigenvalue weighted by Gasteiger charge is 2.19. The topological polar surface area (TPSA) is 56.1 Å². The summed E-state index contributed by atoms with van der Waals surface area (Å²) in [6.07, 6.45) is 3.28. The lowest BCUT2D eigenvalue weighted by molar-refractivity contribution is 0.180. The van der Waals surface area contributed by atoms with E-state index in [1.54, 1.807) is 19.2 Å². The summed E-state index contributed by atoms with van der Waals surface area (Å²) in [7, 11) is 2.87. The van der Waals surface area contributed by atoms with Crippen molar-refractivity contribution in [2.24, 2.45) is 0 Å². The summed E-state index contributed by atoms with van der Waals surface area (Å²) in [5.74, 6) is 0.611. The van der Waals surface area contributed by atoms with E-state index in [0.29, 0.717) is 32.7 Å². The molecular weight excluding hydrogens is 377 g/mol. The zero-order valence-corrected chi connectivity index (χ0v) is 16.0. The smallest absolute Gasteiger partial charge is 0.413 e. The number of aryl methyl sites for hydroxylation is 1. The van der Waals surface area contributed by atoms with E-state index < -0.39 is 6.09 Å². The Morgan fingerprint density at radius 2 is 2.08 bits per heavy atom. The second-order valence-electron chi connectivity index (χ2n) is 5.66. The number of fused-ring (bicyclic) bond motifs is 1. The molecule has 0 aliphatic heterocycles. The molecule has 0 saturated heterocycles. The summed E-state index contributed by atoms with van der Waals surface area (Å²) in [6, 6.07) is 7.02. The lowest BCUT2D eigenvalue weighted by Crippen LogP contribution is -2.26. The number of carbonyl (C=O) groups excluding carboxylic acids is 1. The van der Waals surface area contributed by atoms with Gasteiger partial charge in [-0.05, 0) is 31.2 Å². The number of hydrogen-bond acceptors (Lipinski definition) is 4. The highest BCUT2D eigenvalue weighted by molar-refractivity contribution is 6.38. The molecule has 0 bridgehead atoms. The minimum Gasteiger partial charge on any atom is -0.485 e. The summed E-state index contributed by atoms with van der Waals surface area (Å²) in [5.41, 5.74) is 2.65. The van der Waals surface area contributed by atoms with Crippen molar-refractivity contribution in [2.75, 3.05) is 19.1 Å². The lowest BCUT2D eigenvalue weighted by Gasteiger charge is -2.19. The molecule has 0 N–H and O–H groups in total. The molecule has 0 unspecified atom stereocenters. The number of imidazole rings is 1. The second kappa shape index (κ2) is 7.43. The molecule has 0 aliphatic carbocycles. The van der Waals surface area contributed by atoms with Crippen LogP contribution >= 0.6 is 23.2 Å². The zero-order valence-electron chi connectivity index (χ0n) is 14.5. The average Bonchev–Trinajstić information content (AvgIpc) is 3.01. The normalized spacial score (nSPS) is 10.8. The fourth-order valence-corrected chi connectivity index (χ4v) is 3.19. The summed E-state index contributed by atoms with van der Waals surface area (Å²) in [5, 5.41) is 0.778. The number of pyridine rings is 1. The van der Waals surface area contributed by atoms with Gasteiger partial charge in [0.25, 0.3) is 0 Å². The molecule has 2 aromatic heterocycles. The molecule has 0 fully saturated rings. The van der Waals surface area contributed by atoms with Crippen molar-refractivity contribution in [1.82, 2.24) is 9.38 Å². The van der Waals surface area contributed by atoms with Crippen LogP contribution in [0.5, 0.6) is 5.75 Å². The van der Waals surface area contributed by atoms with Gasteiger partial charge in [0.2, 0.25) is 0 Å². The Kier molecular flexibility index (Phi) is 5.25. The van der Waals surface area contributed by atoms with Crippen LogP contribution in [-0.4, -0.2) is 29.6 Å². The standard InChI is InChI=1S/C18H17Cl2N3O3/c1-11-9-23-8-4-5-15(17(23)21-11)26-10-12-13(19)6-7-14(16(12)20)22(2)18(24)25-3/h4-9H,10H2,1-3H3. The highest BCUT2D eigenvalue weighted by atomic mass is 35.5. The fourth-order valence-electron chi connectivity index (χ4n) is 2.58. The Labute approximate surface area is 160 Å². The monoisotopic (exact) mass is 393 g/mol. The fraction of sp³-hybridized carbons (Fsp3) is 0.222. The van der Waals surface area contributed by atoms with Gasteiger partial charge >= 0.3 is 6.09 Å². The zero-order chi connectivity index (χ0) is 18.8. The maximum absolute atomic E-state index is 11.8. The van der Waals surface area contributed by atoms with Crippen molar-refractivity contribution in [3.8, 4) is 5.75 Å². The molecule has 136 valence electrons. The summed E-state index contributed by atoms with van der Waals surface area (Å²) in [4.78, 5) is 17.5. The number of amides is 1. The van der Waals surface area contributed by atoms with Crippen LogP contribution in [0.25, 0.3) is 5.65 Å². The number of nitrogens with zero attached hydrogens (tertiary/aromatic N) is 3. The van der Waals surface area contributed by atoms with Crippen LogP contribution in [0, 0.1) is 6.92 Å². The van der Waals surface area contributed by atoms with Crippen LogP contribution in [0.4, 0.5) is 10.5 Å². The van der Waals surface area contributed by atoms with Gasteiger partial charge in [0.15, 0.2) is 11.4 Å². The number of methoxy groups -OCH3 is 1. The Morgan fingerprint density at radius 3 is 2.81 bits per heavy atom. The highest BCUT2D eigenvalue weighted by Crippen LogP contribution is 2.35. The van der Waals surface area contributed by atoms with Crippen LogP contribution in [-0.2, 0) is 11.3 Å². The van der Waals surface area contributed by atoms with Gasteiger partial charge in [-0.25, -0.2) is 9.78 Å². The van der Waals surface area contributed by atoms with Gasteiger partial charge in [-0.15, -0.1) is 0 Å². The lowest BCUT2D eigenvalue weighted by atomic mass is 10.2. The average molecular weight is 394 g/mol. The summed E-state index contributed by atoms with van der Waals surface area (Å²) in [6.45, 7) is 2.04.